The standard InChI is InChI=1S/C24H18N2O3/c1-17(24(27)23(16-26)19-7-5-6-18(14-19)15-25)28-21-10-12-22(13-11-21)29-20-8-3-2-4-9-20/h2-14,17,23H,1H3. The van der Waals surface area contributed by atoms with Crippen LogP contribution >= 0.6 is 0 Å². The van der Waals surface area contributed by atoms with Crippen molar-refractivity contribution in [3.05, 3.63) is 90.0 Å². The van der Waals surface area contributed by atoms with Gasteiger partial charge in [0.25, 0.3) is 0 Å². The minimum Gasteiger partial charge on any atom is -0.483 e. The molecule has 0 N–H and O–H groups in total. The molecule has 0 saturated carbocycles. The second kappa shape index (κ2) is 9.21. The van der Waals surface area contributed by atoms with Gasteiger partial charge in [-0.3, -0.25) is 4.79 Å². The zero-order valence-corrected chi connectivity index (χ0v) is 15.8. The monoisotopic (exact) mass is 382 g/mol. The lowest BCUT2D eigenvalue weighted by Crippen LogP contribution is -2.28. The van der Waals surface area contributed by atoms with Crippen LogP contribution in [0.1, 0.15) is 24.0 Å². The lowest BCUT2D eigenvalue weighted by atomic mass is 9.92. The molecule has 0 aliphatic heterocycles. The van der Waals surface area contributed by atoms with Gasteiger partial charge in [-0.15, -0.1) is 0 Å². The average Bonchev–Trinajstić information content (AvgIpc) is 2.76. The Morgan fingerprint density at radius 2 is 1.52 bits per heavy atom. The van der Waals surface area contributed by atoms with Crippen LogP contribution in [0.25, 0.3) is 0 Å². The van der Waals surface area contributed by atoms with E-state index in [0.717, 1.165) is 5.75 Å². The molecular weight excluding hydrogens is 364 g/mol. The molecule has 0 aliphatic carbocycles. The zero-order chi connectivity index (χ0) is 20.6. The SMILES string of the molecule is CC(Oc1ccc(Oc2ccccc2)cc1)C(=O)C(C#N)c1cccc(C#N)c1. The molecule has 3 aromatic rings. The van der Waals surface area contributed by atoms with Gasteiger partial charge in [0.05, 0.1) is 17.7 Å². The second-order valence-corrected chi connectivity index (χ2v) is 6.35. The summed E-state index contributed by atoms with van der Waals surface area (Å²) >= 11 is 0. The van der Waals surface area contributed by atoms with Crippen molar-refractivity contribution < 1.29 is 14.3 Å². The molecule has 0 radical (unpaired) electrons. The van der Waals surface area contributed by atoms with Crippen LogP contribution in [0, 0.1) is 22.7 Å². The molecule has 3 rings (SSSR count). The quantitative estimate of drug-likeness (QED) is 0.574. The highest BCUT2D eigenvalue weighted by Crippen LogP contribution is 2.25. The van der Waals surface area contributed by atoms with Crippen molar-refractivity contribution in [1.29, 1.82) is 10.5 Å². The van der Waals surface area contributed by atoms with Gasteiger partial charge >= 0.3 is 0 Å². The van der Waals surface area contributed by atoms with Crippen LogP contribution in [0.3, 0.4) is 0 Å². The largest absolute Gasteiger partial charge is 0.483 e. The van der Waals surface area contributed by atoms with E-state index in [9.17, 15) is 10.1 Å². The number of benzene rings is 3. The first kappa shape index (κ1) is 19.7. The maximum absolute atomic E-state index is 12.7. The highest BCUT2D eigenvalue weighted by Gasteiger charge is 2.27. The number of ether oxygens (including phenoxy) is 2. The smallest absolute Gasteiger partial charge is 0.194 e. The van der Waals surface area contributed by atoms with Gasteiger partial charge in [0, 0.05) is 0 Å². The Balaban J connectivity index is 1.67. The van der Waals surface area contributed by atoms with Crippen LogP contribution < -0.4 is 9.47 Å². The van der Waals surface area contributed by atoms with Gasteiger partial charge in [-0.05, 0) is 61.0 Å². The maximum Gasteiger partial charge on any atom is 0.194 e. The Morgan fingerprint density at radius 3 is 2.17 bits per heavy atom. The van der Waals surface area contributed by atoms with Crippen molar-refractivity contribution in [2.75, 3.05) is 0 Å². The number of ketones is 1. The second-order valence-electron chi connectivity index (χ2n) is 6.35. The first-order chi connectivity index (χ1) is 14.1. The number of hydrogen-bond acceptors (Lipinski definition) is 5. The van der Waals surface area contributed by atoms with E-state index < -0.39 is 12.0 Å². The van der Waals surface area contributed by atoms with Gasteiger partial charge in [-0.25, -0.2) is 0 Å². The van der Waals surface area contributed by atoms with E-state index in [1.807, 2.05) is 42.5 Å². The highest BCUT2D eigenvalue weighted by molar-refractivity contribution is 5.92. The Morgan fingerprint density at radius 1 is 0.862 bits per heavy atom. The molecule has 2 atom stereocenters. The molecule has 2 unspecified atom stereocenters. The lowest BCUT2D eigenvalue weighted by molar-refractivity contribution is -0.125. The maximum atomic E-state index is 12.7. The van der Waals surface area contributed by atoms with Crippen molar-refractivity contribution in [2.45, 2.75) is 18.9 Å². The van der Waals surface area contributed by atoms with Crippen LogP contribution in [0.15, 0.2) is 78.9 Å². The predicted molar refractivity (Wildman–Crippen MR) is 108 cm³/mol. The summed E-state index contributed by atoms with van der Waals surface area (Å²) in [7, 11) is 0. The number of nitrogens with zero attached hydrogens (tertiary/aromatic N) is 2. The highest BCUT2D eigenvalue weighted by atomic mass is 16.5. The molecule has 5 nitrogen and oxygen atoms in total. The summed E-state index contributed by atoms with van der Waals surface area (Å²) in [6.07, 6.45) is -0.828. The normalized spacial score (nSPS) is 12.1. The van der Waals surface area contributed by atoms with E-state index in [4.69, 9.17) is 14.7 Å². The molecule has 29 heavy (non-hydrogen) atoms. The van der Waals surface area contributed by atoms with Crippen LogP contribution in [-0.4, -0.2) is 11.9 Å². The molecule has 0 aromatic heterocycles. The molecule has 3 aromatic carbocycles. The molecular formula is C24H18N2O3. The van der Waals surface area contributed by atoms with E-state index in [0.29, 0.717) is 22.6 Å². The summed E-state index contributed by atoms with van der Waals surface area (Å²) in [5.74, 6) is 0.492. The third-order valence-corrected chi connectivity index (χ3v) is 4.28. The van der Waals surface area contributed by atoms with E-state index >= 15 is 0 Å². The summed E-state index contributed by atoms with van der Waals surface area (Å²) in [6.45, 7) is 1.61. The fraction of sp³-hybridized carbons (Fsp3) is 0.125. The van der Waals surface area contributed by atoms with Crippen molar-refractivity contribution in [1.82, 2.24) is 0 Å². The Hall–Kier alpha value is -4.09. The minimum absolute atomic E-state index is 0.368. The van der Waals surface area contributed by atoms with Gasteiger partial charge in [-0.1, -0.05) is 30.3 Å². The topological polar surface area (TPSA) is 83.1 Å². The van der Waals surface area contributed by atoms with Gasteiger partial charge < -0.3 is 9.47 Å². The van der Waals surface area contributed by atoms with Crippen molar-refractivity contribution in [2.24, 2.45) is 0 Å². The Bertz CT molecular complexity index is 1060. The summed E-state index contributed by atoms with van der Waals surface area (Å²) in [6, 6.07) is 26.8. The molecule has 0 bridgehead atoms. The van der Waals surface area contributed by atoms with Crippen molar-refractivity contribution in [3.63, 3.8) is 0 Å². The number of Topliss-reactive ketones (excluding diaryl/α,β-unsaturated/α-hetero) is 1. The molecule has 0 amide bonds. The summed E-state index contributed by atoms with van der Waals surface area (Å²) in [5, 5.41) is 18.5. The number of carbonyl (C=O) groups is 1. The van der Waals surface area contributed by atoms with Crippen LogP contribution in [0.5, 0.6) is 17.2 Å². The minimum atomic E-state index is -1.00. The Kier molecular flexibility index (Phi) is 6.25. The van der Waals surface area contributed by atoms with Crippen molar-refractivity contribution in [3.8, 4) is 29.4 Å². The van der Waals surface area contributed by atoms with Gasteiger partial charge in [0.2, 0.25) is 0 Å². The van der Waals surface area contributed by atoms with Gasteiger partial charge in [0.15, 0.2) is 11.9 Å². The fourth-order valence-electron chi connectivity index (χ4n) is 2.80. The molecule has 0 fully saturated rings. The van der Waals surface area contributed by atoms with E-state index in [-0.39, 0.29) is 5.78 Å². The molecule has 0 spiro atoms. The number of rotatable bonds is 7. The number of nitriles is 2. The summed E-state index contributed by atoms with van der Waals surface area (Å²) in [4.78, 5) is 12.7. The summed E-state index contributed by atoms with van der Waals surface area (Å²) < 4.78 is 11.5. The Labute approximate surface area is 169 Å². The molecule has 142 valence electrons. The predicted octanol–water partition coefficient (Wildman–Crippen LogP) is 4.99. The van der Waals surface area contributed by atoms with E-state index in [1.54, 1.807) is 55.5 Å². The fourth-order valence-corrected chi connectivity index (χ4v) is 2.80. The van der Waals surface area contributed by atoms with Gasteiger partial charge in [0.1, 0.15) is 23.2 Å². The van der Waals surface area contributed by atoms with E-state index in [2.05, 4.69) is 0 Å². The molecule has 0 aliphatic rings. The molecule has 5 heteroatoms. The zero-order valence-electron chi connectivity index (χ0n) is 15.8. The van der Waals surface area contributed by atoms with Crippen LogP contribution in [0.2, 0.25) is 0 Å². The first-order valence-electron chi connectivity index (χ1n) is 9.03. The third kappa shape index (κ3) is 5.00. The van der Waals surface area contributed by atoms with E-state index in [1.165, 1.54) is 0 Å². The summed E-state index contributed by atoms with van der Waals surface area (Å²) in [5.41, 5.74) is 0.886. The number of carbonyl (C=O) groups excluding carboxylic acids is 1. The molecule has 0 saturated heterocycles. The third-order valence-electron chi connectivity index (χ3n) is 4.28. The molecule has 0 heterocycles. The number of para-hydroxylation sites is 1. The lowest BCUT2D eigenvalue weighted by Gasteiger charge is -2.17. The van der Waals surface area contributed by atoms with Crippen LogP contribution in [-0.2, 0) is 4.79 Å². The average molecular weight is 382 g/mol. The number of hydrogen-bond donors (Lipinski definition) is 0. The van der Waals surface area contributed by atoms with Gasteiger partial charge in [-0.2, -0.15) is 10.5 Å². The first-order valence-corrected chi connectivity index (χ1v) is 9.03. The van der Waals surface area contributed by atoms with Crippen molar-refractivity contribution >= 4 is 5.78 Å². The van der Waals surface area contributed by atoms with Crippen LogP contribution in [0.4, 0.5) is 0 Å².